The molecule has 0 aromatic carbocycles. The van der Waals surface area contributed by atoms with Gasteiger partial charge in [-0.25, -0.2) is 9.59 Å². The normalized spacial score (nSPS) is 6.86. The number of aliphatic carboxylic acids is 2. The fourth-order valence-electron chi connectivity index (χ4n) is 0. The van der Waals surface area contributed by atoms with Gasteiger partial charge in [-0.15, -0.1) is 0 Å². The molecule has 0 amide bonds. The van der Waals surface area contributed by atoms with E-state index in [9.17, 15) is 9.59 Å². The standard InChI is InChI=1S/2C4H6O2.CH5N/c2*1-3(2)4(5)6;1-2/h2*1H2,2H3,(H,5,6);2H2,1H3. The van der Waals surface area contributed by atoms with E-state index in [2.05, 4.69) is 18.9 Å². The zero-order valence-electron chi connectivity index (χ0n) is 8.70. The van der Waals surface area contributed by atoms with Crippen LogP contribution in [-0.2, 0) is 9.59 Å². The molecule has 0 aromatic heterocycles. The lowest BCUT2D eigenvalue weighted by molar-refractivity contribution is -0.133. The van der Waals surface area contributed by atoms with E-state index < -0.39 is 11.9 Å². The average molecular weight is 203 g/mol. The van der Waals surface area contributed by atoms with Crippen LogP contribution in [0.3, 0.4) is 0 Å². The zero-order chi connectivity index (χ0) is 12.3. The fourth-order valence-corrected chi connectivity index (χ4v) is 0. The van der Waals surface area contributed by atoms with Gasteiger partial charge in [0.1, 0.15) is 0 Å². The maximum absolute atomic E-state index is 9.60. The maximum Gasteiger partial charge on any atom is 0.330 e. The van der Waals surface area contributed by atoms with E-state index in [-0.39, 0.29) is 11.1 Å². The molecule has 5 nitrogen and oxygen atoms in total. The van der Waals surface area contributed by atoms with Gasteiger partial charge in [0, 0.05) is 11.1 Å². The number of carbonyl (C=O) groups is 2. The predicted molar refractivity (Wildman–Crippen MR) is 55.0 cm³/mol. The van der Waals surface area contributed by atoms with Crippen molar-refractivity contribution < 1.29 is 19.8 Å². The summed E-state index contributed by atoms with van der Waals surface area (Å²) in [5.41, 5.74) is 4.85. The summed E-state index contributed by atoms with van der Waals surface area (Å²) in [5, 5.41) is 15.8. The number of carboxylic acid groups (broad SMARTS) is 2. The Morgan fingerprint density at radius 2 is 1.00 bits per heavy atom. The van der Waals surface area contributed by atoms with Crippen molar-refractivity contribution in [3.05, 3.63) is 24.3 Å². The second kappa shape index (κ2) is 11.4. The topological polar surface area (TPSA) is 101 Å². The van der Waals surface area contributed by atoms with Crippen molar-refractivity contribution in [2.45, 2.75) is 13.8 Å². The highest BCUT2D eigenvalue weighted by Gasteiger charge is 1.90. The molecular weight excluding hydrogens is 186 g/mol. The first kappa shape index (κ1) is 18.2. The molecule has 0 atom stereocenters. The largest absolute Gasteiger partial charge is 0.478 e. The van der Waals surface area contributed by atoms with Gasteiger partial charge in [0.05, 0.1) is 0 Å². The summed E-state index contributed by atoms with van der Waals surface area (Å²) in [5.74, 6) is -1.87. The Morgan fingerprint density at radius 1 is 0.929 bits per heavy atom. The lowest BCUT2D eigenvalue weighted by atomic mass is 10.4. The fraction of sp³-hybridized carbons (Fsp3) is 0.333. The molecule has 0 heterocycles. The van der Waals surface area contributed by atoms with Crippen LogP contribution < -0.4 is 5.73 Å². The minimum absolute atomic E-state index is 0.176. The molecule has 0 radical (unpaired) electrons. The summed E-state index contributed by atoms with van der Waals surface area (Å²) in [7, 11) is 1.50. The molecule has 0 aliphatic rings. The molecule has 0 unspecified atom stereocenters. The average Bonchev–Trinajstić information content (AvgIpc) is 2.08. The molecule has 0 rings (SSSR count). The monoisotopic (exact) mass is 203 g/mol. The molecule has 0 fully saturated rings. The van der Waals surface area contributed by atoms with E-state index >= 15 is 0 Å². The molecule has 14 heavy (non-hydrogen) atoms. The second-order valence-corrected chi connectivity index (χ2v) is 2.17. The third-order valence-electron chi connectivity index (χ3n) is 0.730. The minimum atomic E-state index is -0.935. The van der Waals surface area contributed by atoms with E-state index in [1.165, 1.54) is 20.9 Å². The van der Waals surface area contributed by atoms with Gasteiger partial charge in [0.2, 0.25) is 0 Å². The van der Waals surface area contributed by atoms with Crippen LogP contribution in [0.4, 0.5) is 0 Å². The van der Waals surface area contributed by atoms with Gasteiger partial charge in [0.15, 0.2) is 0 Å². The Labute approximate surface area is 83.5 Å². The predicted octanol–water partition coefficient (Wildman–Crippen LogP) is 0.869. The Hall–Kier alpha value is -1.62. The van der Waals surface area contributed by atoms with E-state index in [1.807, 2.05) is 0 Å². The van der Waals surface area contributed by atoms with Crippen molar-refractivity contribution in [2.75, 3.05) is 7.05 Å². The highest BCUT2D eigenvalue weighted by molar-refractivity contribution is 5.85. The van der Waals surface area contributed by atoms with Gasteiger partial charge in [-0.3, -0.25) is 0 Å². The number of nitrogens with two attached hydrogens (primary N) is 1. The van der Waals surface area contributed by atoms with Gasteiger partial charge in [-0.1, -0.05) is 13.2 Å². The van der Waals surface area contributed by atoms with Crippen molar-refractivity contribution in [1.82, 2.24) is 0 Å². The molecule has 4 N–H and O–H groups in total. The third-order valence-corrected chi connectivity index (χ3v) is 0.730. The lowest BCUT2D eigenvalue weighted by Crippen LogP contribution is -1.92. The number of rotatable bonds is 2. The van der Waals surface area contributed by atoms with Crippen molar-refractivity contribution in [3.63, 3.8) is 0 Å². The van der Waals surface area contributed by atoms with Crippen molar-refractivity contribution in [1.29, 1.82) is 0 Å². The van der Waals surface area contributed by atoms with E-state index in [1.54, 1.807) is 0 Å². The van der Waals surface area contributed by atoms with Gasteiger partial charge < -0.3 is 15.9 Å². The molecule has 0 saturated heterocycles. The summed E-state index contributed by atoms with van der Waals surface area (Å²) < 4.78 is 0. The molecule has 0 spiro atoms. The summed E-state index contributed by atoms with van der Waals surface area (Å²) in [4.78, 5) is 19.2. The van der Waals surface area contributed by atoms with Gasteiger partial charge in [-0.05, 0) is 20.9 Å². The van der Waals surface area contributed by atoms with Gasteiger partial charge in [0.25, 0.3) is 0 Å². The zero-order valence-corrected chi connectivity index (χ0v) is 8.70. The van der Waals surface area contributed by atoms with Crippen molar-refractivity contribution in [2.24, 2.45) is 5.73 Å². The highest BCUT2D eigenvalue weighted by Crippen LogP contribution is 1.81. The van der Waals surface area contributed by atoms with Crippen molar-refractivity contribution in [3.8, 4) is 0 Å². The van der Waals surface area contributed by atoms with Crippen molar-refractivity contribution >= 4 is 11.9 Å². The molecule has 0 saturated carbocycles. The number of carboxylic acids is 2. The van der Waals surface area contributed by atoms with Crippen LogP contribution in [-0.4, -0.2) is 29.2 Å². The summed E-state index contributed by atoms with van der Waals surface area (Å²) in [6.45, 7) is 9.20. The first-order chi connectivity index (χ1) is 6.29. The quantitative estimate of drug-likeness (QED) is 0.578. The summed E-state index contributed by atoms with van der Waals surface area (Å²) >= 11 is 0. The molecule has 0 aromatic rings. The maximum atomic E-state index is 9.60. The Bertz CT molecular complexity index is 173. The third kappa shape index (κ3) is 22.4. The number of hydrogen-bond acceptors (Lipinski definition) is 3. The van der Waals surface area contributed by atoms with Crippen LogP contribution in [0, 0.1) is 0 Å². The molecule has 0 bridgehead atoms. The Balaban J connectivity index is -0.000000147. The van der Waals surface area contributed by atoms with Crippen LogP contribution in [0.2, 0.25) is 0 Å². The highest BCUT2D eigenvalue weighted by atomic mass is 16.4. The Morgan fingerprint density at radius 3 is 1.00 bits per heavy atom. The molecule has 82 valence electrons. The first-order valence-electron chi connectivity index (χ1n) is 3.64. The van der Waals surface area contributed by atoms with Gasteiger partial charge >= 0.3 is 11.9 Å². The smallest absolute Gasteiger partial charge is 0.330 e. The Kier molecular flexibility index (Phi) is 14.8. The van der Waals surface area contributed by atoms with Crippen LogP contribution in [0.25, 0.3) is 0 Å². The minimum Gasteiger partial charge on any atom is -0.478 e. The number of hydrogen-bond donors (Lipinski definition) is 3. The lowest BCUT2D eigenvalue weighted by Gasteiger charge is -1.79. The SMILES string of the molecule is C=C(C)C(=O)O.C=C(C)C(=O)O.CN. The first-order valence-corrected chi connectivity index (χ1v) is 3.64. The molecular formula is C9H17NO4. The van der Waals surface area contributed by atoms with Crippen LogP contribution in [0.5, 0.6) is 0 Å². The molecule has 5 heteroatoms. The van der Waals surface area contributed by atoms with E-state index in [0.717, 1.165) is 0 Å². The van der Waals surface area contributed by atoms with Crippen LogP contribution in [0.1, 0.15) is 13.8 Å². The molecule has 0 aliphatic heterocycles. The van der Waals surface area contributed by atoms with E-state index in [4.69, 9.17) is 10.2 Å². The van der Waals surface area contributed by atoms with Gasteiger partial charge in [-0.2, -0.15) is 0 Å². The summed E-state index contributed by atoms with van der Waals surface area (Å²) in [6.07, 6.45) is 0. The summed E-state index contributed by atoms with van der Waals surface area (Å²) in [6, 6.07) is 0. The van der Waals surface area contributed by atoms with E-state index in [0.29, 0.717) is 0 Å². The van der Waals surface area contributed by atoms with Crippen LogP contribution in [0.15, 0.2) is 24.3 Å². The van der Waals surface area contributed by atoms with Crippen LogP contribution >= 0.6 is 0 Å². The second-order valence-electron chi connectivity index (χ2n) is 2.17. The molecule has 0 aliphatic carbocycles.